The Kier molecular flexibility index (Phi) is 6.89. The Balaban J connectivity index is 1.39. The van der Waals surface area contributed by atoms with Crippen LogP contribution < -0.4 is 15.4 Å². The lowest BCUT2D eigenvalue weighted by atomic mass is 10.1. The van der Waals surface area contributed by atoms with Gasteiger partial charge in [0.05, 0.1) is 17.3 Å². The first-order chi connectivity index (χ1) is 16.4. The predicted octanol–water partition coefficient (Wildman–Crippen LogP) is 4.59. The maximum atomic E-state index is 13.6. The molecule has 1 fully saturated rings. The number of carbonyl (C=O) groups is 3. The molecule has 1 heterocycles. The summed E-state index contributed by atoms with van der Waals surface area (Å²) in [6.07, 6.45) is 1.51. The van der Waals surface area contributed by atoms with Gasteiger partial charge in [-0.25, -0.2) is 9.18 Å². The molecule has 0 radical (unpaired) electrons. The van der Waals surface area contributed by atoms with Crippen molar-refractivity contribution in [2.45, 2.75) is 6.54 Å². The van der Waals surface area contributed by atoms with Crippen LogP contribution in [-0.4, -0.2) is 29.4 Å². The molecule has 9 heteroatoms. The van der Waals surface area contributed by atoms with Crippen LogP contribution in [0.1, 0.15) is 11.1 Å². The van der Waals surface area contributed by atoms with Gasteiger partial charge < -0.3 is 15.4 Å². The zero-order chi connectivity index (χ0) is 24.1. The summed E-state index contributed by atoms with van der Waals surface area (Å²) >= 11 is 6.26. The van der Waals surface area contributed by atoms with Crippen LogP contribution in [0.5, 0.6) is 5.75 Å². The normalized spacial score (nSPS) is 14.3. The van der Waals surface area contributed by atoms with Crippen LogP contribution in [0.2, 0.25) is 5.02 Å². The number of hydrogen-bond acceptors (Lipinski definition) is 4. The monoisotopic (exact) mass is 479 g/mol. The van der Waals surface area contributed by atoms with Gasteiger partial charge in [0.25, 0.3) is 11.8 Å². The minimum Gasteiger partial charge on any atom is -0.482 e. The molecule has 0 aromatic heterocycles. The van der Waals surface area contributed by atoms with E-state index < -0.39 is 23.7 Å². The first-order valence-electron chi connectivity index (χ1n) is 10.3. The van der Waals surface area contributed by atoms with Gasteiger partial charge >= 0.3 is 6.03 Å². The van der Waals surface area contributed by atoms with Gasteiger partial charge in [0.1, 0.15) is 17.3 Å². The van der Waals surface area contributed by atoms with Gasteiger partial charge in [-0.1, -0.05) is 60.1 Å². The third kappa shape index (κ3) is 5.41. The number of hydrogen-bond donors (Lipinski definition) is 2. The fourth-order valence-electron chi connectivity index (χ4n) is 3.26. The Hall–Kier alpha value is -4.17. The van der Waals surface area contributed by atoms with Gasteiger partial charge in [0.2, 0.25) is 0 Å². The van der Waals surface area contributed by atoms with E-state index in [9.17, 15) is 18.8 Å². The van der Waals surface area contributed by atoms with Crippen molar-refractivity contribution in [3.63, 3.8) is 0 Å². The van der Waals surface area contributed by atoms with Crippen molar-refractivity contribution in [2.24, 2.45) is 0 Å². The Morgan fingerprint density at radius 2 is 1.79 bits per heavy atom. The van der Waals surface area contributed by atoms with E-state index >= 15 is 0 Å². The Morgan fingerprint density at radius 1 is 1.06 bits per heavy atom. The Morgan fingerprint density at radius 3 is 2.53 bits per heavy atom. The predicted molar refractivity (Wildman–Crippen MR) is 125 cm³/mol. The zero-order valence-corrected chi connectivity index (χ0v) is 18.5. The summed E-state index contributed by atoms with van der Waals surface area (Å²) in [4.78, 5) is 38.1. The number of halogens is 2. The number of urea groups is 1. The summed E-state index contributed by atoms with van der Waals surface area (Å²) in [6.45, 7) is -0.219. The number of benzene rings is 3. The van der Waals surface area contributed by atoms with E-state index in [1.807, 2.05) is 30.3 Å². The number of nitrogens with one attached hydrogen (secondary N) is 2. The molecule has 0 atom stereocenters. The van der Waals surface area contributed by atoms with Gasteiger partial charge in [-0.05, 0) is 41.5 Å². The van der Waals surface area contributed by atoms with E-state index in [-0.39, 0.29) is 35.3 Å². The quantitative estimate of drug-likeness (QED) is 0.383. The third-order valence-corrected chi connectivity index (χ3v) is 5.21. The van der Waals surface area contributed by atoms with E-state index in [0.29, 0.717) is 5.56 Å². The van der Waals surface area contributed by atoms with Crippen LogP contribution in [-0.2, 0) is 16.1 Å². The van der Waals surface area contributed by atoms with Gasteiger partial charge in [0, 0.05) is 0 Å². The van der Waals surface area contributed by atoms with Crippen LogP contribution in [0.15, 0.2) is 78.5 Å². The summed E-state index contributed by atoms with van der Waals surface area (Å²) in [5, 5.41) is 5.18. The lowest BCUT2D eigenvalue weighted by molar-refractivity contribution is -0.123. The molecule has 0 saturated carbocycles. The molecule has 3 aromatic rings. The van der Waals surface area contributed by atoms with Crippen LogP contribution in [0.25, 0.3) is 6.08 Å². The van der Waals surface area contributed by atoms with Crippen molar-refractivity contribution < 1.29 is 23.5 Å². The molecule has 0 aliphatic carbocycles. The molecular formula is C25H19ClFN3O4. The second kappa shape index (κ2) is 10.2. The molecule has 0 spiro atoms. The zero-order valence-electron chi connectivity index (χ0n) is 17.8. The summed E-state index contributed by atoms with van der Waals surface area (Å²) in [5.41, 5.74) is 1.55. The minimum absolute atomic E-state index is 0.0498. The van der Waals surface area contributed by atoms with Gasteiger partial charge in [-0.2, -0.15) is 0 Å². The summed E-state index contributed by atoms with van der Waals surface area (Å²) < 4.78 is 19.1. The van der Waals surface area contributed by atoms with Crippen molar-refractivity contribution >= 4 is 41.2 Å². The van der Waals surface area contributed by atoms with Crippen molar-refractivity contribution in [1.82, 2.24) is 10.2 Å². The summed E-state index contributed by atoms with van der Waals surface area (Å²) in [6, 6.07) is 19.2. The van der Waals surface area contributed by atoms with Gasteiger partial charge in [-0.3, -0.25) is 14.5 Å². The number of rotatable bonds is 7. The van der Waals surface area contributed by atoms with E-state index in [2.05, 4.69) is 10.6 Å². The largest absolute Gasteiger partial charge is 0.482 e. The second-order valence-electron chi connectivity index (χ2n) is 7.37. The minimum atomic E-state index is -0.554. The lowest BCUT2D eigenvalue weighted by Crippen LogP contribution is -2.30. The van der Waals surface area contributed by atoms with E-state index in [1.54, 1.807) is 12.1 Å². The molecule has 1 saturated heterocycles. The highest BCUT2D eigenvalue weighted by molar-refractivity contribution is 6.32. The molecule has 1 aliphatic heterocycles. The molecule has 172 valence electrons. The van der Waals surface area contributed by atoms with Crippen LogP contribution in [0.3, 0.4) is 0 Å². The van der Waals surface area contributed by atoms with E-state index in [4.69, 9.17) is 16.3 Å². The fourth-order valence-corrected chi connectivity index (χ4v) is 3.51. The Bertz CT molecular complexity index is 1280. The smallest absolute Gasteiger partial charge is 0.329 e. The molecular weight excluding hydrogens is 461 g/mol. The third-order valence-electron chi connectivity index (χ3n) is 4.92. The van der Waals surface area contributed by atoms with E-state index in [1.165, 1.54) is 36.4 Å². The number of ether oxygens (including phenoxy) is 1. The Labute approximate surface area is 199 Å². The maximum absolute atomic E-state index is 13.6. The van der Waals surface area contributed by atoms with Crippen molar-refractivity contribution in [3.8, 4) is 5.75 Å². The van der Waals surface area contributed by atoms with Gasteiger partial charge in [0.15, 0.2) is 6.61 Å². The molecule has 0 unspecified atom stereocenters. The average Bonchev–Trinajstić information content (AvgIpc) is 3.08. The molecule has 4 amide bonds. The number of amides is 4. The number of para-hydroxylation sites is 1. The van der Waals surface area contributed by atoms with Crippen molar-refractivity contribution in [3.05, 3.63) is 100 Å². The molecule has 2 N–H and O–H groups in total. The first-order valence-corrected chi connectivity index (χ1v) is 10.6. The lowest BCUT2D eigenvalue weighted by Gasteiger charge is -2.11. The standard InChI is InChI=1S/C25H19ClFN3O4/c26-18-12-17(10-11-22(18)34-15-23(31)28-20-9-5-4-8-19(20)27)13-21-24(32)30(25(33)29-21)14-16-6-2-1-3-7-16/h1-13H,14-15H2,(H,28,31)(H,29,33). The number of nitrogens with zero attached hydrogens (tertiary/aromatic N) is 1. The molecule has 4 rings (SSSR count). The number of anilines is 1. The highest BCUT2D eigenvalue weighted by Crippen LogP contribution is 2.27. The second-order valence-corrected chi connectivity index (χ2v) is 7.78. The van der Waals surface area contributed by atoms with Crippen LogP contribution in [0.4, 0.5) is 14.9 Å². The fraction of sp³-hybridized carbons (Fsp3) is 0.0800. The average molecular weight is 480 g/mol. The number of carbonyl (C=O) groups excluding carboxylic acids is 3. The van der Waals surface area contributed by atoms with Crippen molar-refractivity contribution in [1.29, 1.82) is 0 Å². The first kappa shape index (κ1) is 23.0. The summed E-state index contributed by atoms with van der Waals surface area (Å²) in [7, 11) is 0. The topological polar surface area (TPSA) is 87.7 Å². The highest BCUT2D eigenvalue weighted by Gasteiger charge is 2.33. The van der Waals surface area contributed by atoms with Crippen LogP contribution in [0, 0.1) is 5.82 Å². The molecule has 34 heavy (non-hydrogen) atoms. The molecule has 0 bridgehead atoms. The summed E-state index contributed by atoms with van der Waals surface area (Å²) in [5.74, 6) is -1.32. The molecule has 7 nitrogen and oxygen atoms in total. The SMILES string of the molecule is O=C(COc1ccc(C=C2NC(=O)N(Cc3ccccc3)C2=O)cc1Cl)Nc1ccccc1F. The molecule has 1 aliphatic rings. The van der Waals surface area contributed by atoms with Gasteiger partial charge in [-0.15, -0.1) is 0 Å². The number of imide groups is 1. The molecule has 3 aromatic carbocycles. The van der Waals surface area contributed by atoms with Crippen LogP contribution >= 0.6 is 11.6 Å². The van der Waals surface area contributed by atoms with E-state index in [0.717, 1.165) is 10.5 Å². The van der Waals surface area contributed by atoms with Crippen molar-refractivity contribution in [2.75, 3.05) is 11.9 Å². The highest BCUT2D eigenvalue weighted by atomic mass is 35.5. The maximum Gasteiger partial charge on any atom is 0.329 e.